The molecule has 3 rings (SSSR count). The number of nitrogens with two attached hydrogens (primary N) is 1. The first kappa shape index (κ1) is 14.2. The van der Waals surface area contributed by atoms with Crippen molar-refractivity contribution in [3.63, 3.8) is 0 Å². The number of hydrogen-bond donors (Lipinski definition) is 1. The monoisotopic (exact) mass is 281 g/mol. The summed E-state index contributed by atoms with van der Waals surface area (Å²) in [4.78, 5) is 0. The van der Waals surface area contributed by atoms with Crippen molar-refractivity contribution < 1.29 is 4.74 Å². The summed E-state index contributed by atoms with van der Waals surface area (Å²) in [5.74, 6) is 1.51. The third kappa shape index (κ3) is 3.11. The number of rotatable bonds is 5. The van der Waals surface area contributed by atoms with Crippen molar-refractivity contribution in [2.24, 2.45) is 5.73 Å². The van der Waals surface area contributed by atoms with Gasteiger partial charge in [0.25, 0.3) is 0 Å². The van der Waals surface area contributed by atoms with Gasteiger partial charge in [0.1, 0.15) is 5.75 Å². The van der Waals surface area contributed by atoms with Crippen molar-refractivity contribution in [2.75, 3.05) is 0 Å². The van der Waals surface area contributed by atoms with E-state index >= 15 is 0 Å². The van der Waals surface area contributed by atoms with Crippen LogP contribution in [0.25, 0.3) is 0 Å². The molecule has 21 heavy (non-hydrogen) atoms. The minimum absolute atomic E-state index is 0.0686. The number of benzene rings is 2. The molecule has 1 aliphatic rings. The molecule has 0 aromatic heterocycles. The Balaban J connectivity index is 1.68. The molecule has 2 atom stereocenters. The molecule has 0 spiro atoms. The fourth-order valence-corrected chi connectivity index (χ4v) is 3.11. The standard InChI is InChI=1S/C19H23NO/c1-13(2)21-17-8-5-7-15(11-17)19(20)12-16-10-14-6-3-4-9-18(14)16/h3-9,11,13,16,19H,10,12,20H2,1-2H3. The first-order chi connectivity index (χ1) is 10.1. The summed E-state index contributed by atoms with van der Waals surface area (Å²) in [5, 5.41) is 0. The Hall–Kier alpha value is -1.80. The Morgan fingerprint density at radius 1 is 1.14 bits per heavy atom. The molecule has 1 aliphatic carbocycles. The Bertz CT molecular complexity index is 620. The van der Waals surface area contributed by atoms with E-state index in [4.69, 9.17) is 10.5 Å². The van der Waals surface area contributed by atoms with Crippen LogP contribution in [0, 0.1) is 0 Å². The SMILES string of the molecule is CC(C)Oc1cccc(C(N)CC2Cc3ccccc32)c1. The molecule has 2 heteroatoms. The molecule has 0 heterocycles. The lowest BCUT2D eigenvalue weighted by Gasteiger charge is -2.32. The Labute approximate surface area is 126 Å². The van der Waals surface area contributed by atoms with Gasteiger partial charge in [-0.2, -0.15) is 0 Å². The predicted octanol–water partition coefficient (Wildman–Crippen LogP) is 4.20. The van der Waals surface area contributed by atoms with Crippen LogP contribution >= 0.6 is 0 Å². The van der Waals surface area contributed by atoms with Crippen LogP contribution in [0.1, 0.15) is 48.9 Å². The zero-order chi connectivity index (χ0) is 14.8. The zero-order valence-electron chi connectivity index (χ0n) is 12.8. The van der Waals surface area contributed by atoms with E-state index in [2.05, 4.69) is 36.4 Å². The second-order valence-corrected chi connectivity index (χ2v) is 6.18. The minimum atomic E-state index is 0.0686. The summed E-state index contributed by atoms with van der Waals surface area (Å²) in [6.45, 7) is 4.08. The van der Waals surface area contributed by atoms with E-state index in [-0.39, 0.29) is 12.1 Å². The maximum atomic E-state index is 6.41. The van der Waals surface area contributed by atoms with E-state index in [9.17, 15) is 0 Å². The third-order valence-electron chi connectivity index (χ3n) is 4.16. The van der Waals surface area contributed by atoms with E-state index in [1.165, 1.54) is 11.1 Å². The van der Waals surface area contributed by atoms with Crippen LogP contribution in [0.3, 0.4) is 0 Å². The Morgan fingerprint density at radius 3 is 2.71 bits per heavy atom. The van der Waals surface area contributed by atoms with Crippen LogP contribution in [0.15, 0.2) is 48.5 Å². The minimum Gasteiger partial charge on any atom is -0.491 e. The molecule has 0 aliphatic heterocycles. The Kier molecular flexibility index (Phi) is 3.98. The van der Waals surface area contributed by atoms with E-state index in [0.717, 1.165) is 24.2 Å². The Morgan fingerprint density at radius 2 is 1.95 bits per heavy atom. The van der Waals surface area contributed by atoms with Gasteiger partial charge in [0, 0.05) is 6.04 Å². The molecule has 2 aromatic rings. The highest BCUT2D eigenvalue weighted by Gasteiger charge is 2.27. The molecule has 110 valence electrons. The summed E-state index contributed by atoms with van der Waals surface area (Å²) in [5.41, 5.74) is 10.5. The fourth-order valence-electron chi connectivity index (χ4n) is 3.11. The molecule has 0 saturated heterocycles. The summed E-state index contributed by atoms with van der Waals surface area (Å²) in [6, 6.07) is 16.9. The zero-order valence-corrected chi connectivity index (χ0v) is 12.8. The molecule has 2 unspecified atom stereocenters. The van der Waals surface area contributed by atoms with Crippen LogP contribution in [0.5, 0.6) is 5.75 Å². The molecule has 0 fully saturated rings. The van der Waals surface area contributed by atoms with Gasteiger partial charge in [-0.3, -0.25) is 0 Å². The van der Waals surface area contributed by atoms with Gasteiger partial charge >= 0.3 is 0 Å². The van der Waals surface area contributed by atoms with Crippen molar-refractivity contribution in [3.8, 4) is 5.75 Å². The van der Waals surface area contributed by atoms with Crippen molar-refractivity contribution >= 4 is 0 Å². The fraction of sp³-hybridized carbons (Fsp3) is 0.368. The lowest BCUT2D eigenvalue weighted by Crippen LogP contribution is -2.22. The molecule has 0 amide bonds. The molecule has 0 bridgehead atoms. The normalized spacial score (nSPS) is 18.0. The van der Waals surface area contributed by atoms with Crippen LogP contribution in [0.4, 0.5) is 0 Å². The second kappa shape index (κ2) is 5.90. The van der Waals surface area contributed by atoms with E-state index < -0.39 is 0 Å². The van der Waals surface area contributed by atoms with Gasteiger partial charge in [0.2, 0.25) is 0 Å². The largest absolute Gasteiger partial charge is 0.491 e. The average molecular weight is 281 g/mol. The molecule has 0 saturated carbocycles. The van der Waals surface area contributed by atoms with Crippen molar-refractivity contribution in [1.29, 1.82) is 0 Å². The van der Waals surface area contributed by atoms with Crippen LogP contribution in [0.2, 0.25) is 0 Å². The van der Waals surface area contributed by atoms with Crippen LogP contribution in [-0.4, -0.2) is 6.10 Å². The van der Waals surface area contributed by atoms with Gasteiger partial charge in [0.05, 0.1) is 6.10 Å². The highest BCUT2D eigenvalue weighted by molar-refractivity contribution is 5.40. The third-order valence-corrected chi connectivity index (χ3v) is 4.16. The van der Waals surface area contributed by atoms with Crippen molar-refractivity contribution in [3.05, 3.63) is 65.2 Å². The molecule has 0 radical (unpaired) electrons. The second-order valence-electron chi connectivity index (χ2n) is 6.18. The summed E-state index contributed by atoms with van der Waals surface area (Å²) >= 11 is 0. The molecule has 2 aromatic carbocycles. The molecule has 2 nitrogen and oxygen atoms in total. The van der Waals surface area contributed by atoms with Gasteiger partial charge in [-0.15, -0.1) is 0 Å². The summed E-state index contributed by atoms with van der Waals surface area (Å²) in [6.07, 6.45) is 2.35. The van der Waals surface area contributed by atoms with E-state index in [0.29, 0.717) is 5.92 Å². The molecular weight excluding hydrogens is 258 g/mol. The lowest BCUT2D eigenvalue weighted by molar-refractivity contribution is 0.242. The topological polar surface area (TPSA) is 35.2 Å². The molecular formula is C19H23NO. The van der Waals surface area contributed by atoms with Crippen LogP contribution < -0.4 is 10.5 Å². The van der Waals surface area contributed by atoms with Crippen LogP contribution in [-0.2, 0) is 6.42 Å². The van der Waals surface area contributed by atoms with Gasteiger partial charge in [-0.05, 0) is 61.4 Å². The quantitative estimate of drug-likeness (QED) is 0.891. The number of fused-ring (bicyclic) bond motifs is 1. The highest BCUT2D eigenvalue weighted by Crippen LogP contribution is 2.40. The van der Waals surface area contributed by atoms with Gasteiger partial charge in [-0.25, -0.2) is 0 Å². The lowest BCUT2D eigenvalue weighted by atomic mass is 9.74. The summed E-state index contributed by atoms with van der Waals surface area (Å²) < 4.78 is 5.75. The summed E-state index contributed by atoms with van der Waals surface area (Å²) in [7, 11) is 0. The van der Waals surface area contributed by atoms with Crippen molar-refractivity contribution in [1.82, 2.24) is 0 Å². The van der Waals surface area contributed by atoms with Gasteiger partial charge in [-0.1, -0.05) is 36.4 Å². The van der Waals surface area contributed by atoms with Gasteiger partial charge in [0.15, 0.2) is 0 Å². The first-order valence-corrected chi connectivity index (χ1v) is 7.73. The van der Waals surface area contributed by atoms with Crippen molar-refractivity contribution in [2.45, 2.75) is 44.8 Å². The number of ether oxygens (including phenoxy) is 1. The highest BCUT2D eigenvalue weighted by atomic mass is 16.5. The average Bonchev–Trinajstić information content (AvgIpc) is 2.44. The number of hydrogen-bond acceptors (Lipinski definition) is 2. The van der Waals surface area contributed by atoms with E-state index in [1.807, 2.05) is 26.0 Å². The maximum absolute atomic E-state index is 6.41. The predicted molar refractivity (Wildman–Crippen MR) is 86.6 cm³/mol. The maximum Gasteiger partial charge on any atom is 0.120 e. The van der Waals surface area contributed by atoms with Gasteiger partial charge < -0.3 is 10.5 Å². The smallest absolute Gasteiger partial charge is 0.120 e. The van der Waals surface area contributed by atoms with E-state index in [1.54, 1.807) is 0 Å². The molecule has 2 N–H and O–H groups in total. The first-order valence-electron chi connectivity index (χ1n) is 7.73.